The van der Waals surface area contributed by atoms with Gasteiger partial charge in [-0.3, -0.25) is 15.0 Å². The first-order chi connectivity index (χ1) is 7.17. The smallest absolute Gasteiger partial charge is 0.318 e. The monoisotopic (exact) mass is 207 g/mol. The van der Waals surface area contributed by atoms with Crippen LogP contribution in [0.2, 0.25) is 0 Å². The summed E-state index contributed by atoms with van der Waals surface area (Å²) >= 11 is 0. The molecule has 0 atom stereocenters. The van der Waals surface area contributed by atoms with Crippen LogP contribution in [0.25, 0.3) is 0 Å². The van der Waals surface area contributed by atoms with E-state index in [2.05, 4.69) is 5.32 Å². The maximum atomic E-state index is 11.1. The third kappa shape index (κ3) is 3.07. The number of carbonyl (C=O) groups excluding carboxylic acids is 2. The number of anilines is 1. The van der Waals surface area contributed by atoms with Gasteiger partial charge in [0, 0.05) is 5.69 Å². The van der Waals surface area contributed by atoms with Crippen LogP contribution in [0.1, 0.15) is 12.5 Å². The zero-order valence-corrected chi connectivity index (χ0v) is 8.41. The highest BCUT2D eigenvalue weighted by molar-refractivity contribution is 6.39. The van der Waals surface area contributed by atoms with E-state index in [4.69, 9.17) is 5.84 Å². The van der Waals surface area contributed by atoms with Crippen molar-refractivity contribution in [2.75, 3.05) is 5.32 Å². The molecule has 0 saturated heterocycles. The lowest BCUT2D eigenvalue weighted by Crippen LogP contribution is -2.39. The Labute approximate surface area is 87.6 Å². The molecule has 0 aliphatic rings. The van der Waals surface area contributed by atoms with E-state index in [1.165, 1.54) is 0 Å². The van der Waals surface area contributed by atoms with E-state index in [1.807, 2.05) is 25.1 Å². The molecule has 1 aromatic carbocycles. The third-order valence-electron chi connectivity index (χ3n) is 1.93. The number of benzene rings is 1. The van der Waals surface area contributed by atoms with Gasteiger partial charge in [0.05, 0.1) is 0 Å². The summed E-state index contributed by atoms with van der Waals surface area (Å²) in [6.07, 6.45) is 0.868. The number of hydrogen-bond donors (Lipinski definition) is 3. The SMILES string of the molecule is CCc1cccc(NC(=O)C(=O)NN)c1. The van der Waals surface area contributed by atoms with Crippen molar-refractivity contribution < 1.29 is 9.59 Å². The topological polar surface area (TPSA) is 84.2 Å². The molecule has 1 rings (SSSR count). The third-order valence-corrected chi connectivity index (χ3v) is 1.93. The lowest BCUT2D eigenvalue weighted by atomic mass is 10.1. The van der Waals surface area contributed by atoms with Gasteiger partial charge in [-0.05, 0) is 24.1 Å². The summed E-state index contributed by atoms with van der Waals surface area (Å²) in [5, 5.41) is 2.44. The summed E-state index contributed by atoms with van der Waals surface area (Å²) in [6, 6.07) is 7.27. The van der Waals surface area contributed by atoms with Crippen LogP contribution in [0.15, 0.2) is 24.3 Å². The van der Waals surface area contributed by atoms with E-state index in [0.717, 1.165) is 12.0 Å². The van der Waals surface area contributed by atoms with Crippen molar-refractivity contribution in [1.82, 2.24) is 5.43 Å². The molecule has 5 heteroatoms. The summed E-state index contributed by atoms with van der Waals surface area (Å²) in [5.41, 5.74) is 3.43. The van der Waals surface area contributed by atoms with Crippen LogP contribution >= 0.6 is 0 Å². The first kappa shape index (κ1) is 11.2. The van der Waals surface area contributed by atoms with Crippen molar-refractivity contribution in [3.8, 4) is 0 Å². The molecule has 0 unspecified atom stereocenters. The van der Waals surface area contributed by atoms with Crippen molar-refractivity contribution in [3.63, 3.8) is 0 Å². The molecule has 80 valence electrons. The van der Waals surface area contributed by atoms with Crippen LogP contribution in [-0.4, -0.2) is 11.8 Å². The number of amides is 2. The second-order valence-electron chi connectivity index (χ2n) is 2.98. The van der Waals surface area contributed by atoms with Crippen LogP contribution in [-0.2, 0) is 16.0 Å². The zero-order valence-electron chi connectivity index (χ0n) is 8.41. The van der Waals surface area contributed by atoms with E-state index >= 15 is 0 Å². The Morgan fingerprint density at radius 1 is 1.33 bits per heavy atom. The average molecular weight is 207 g/mol. The Morgan fingerprint density at radius 2 is 2.07 bits per heavy atom. The highest BCUT2D eigenvalue weighted by Gasteiger charge is 2.11. The molecule has 0 spiro atoms. The number of carbonyl (C=O) groups is 2. The minimum atomic E-state index is -0.864. The van der Waals surface area contributed by atoms with Crippen molar-refractivity contribution >= 4 is 17.5 Å². The van der Waals surface area contributed by atoms with Crippen LogP contribution in [0, 0.1) is 0 Å². The molecule has 0 aliphatic carbocycles. The number of nitrogens with two attached hydrogens (primary N) is 1. The molecule has 0 heterocycles. The van der Waals surface area contributed by atoms with Gasteiger partial charge in [0.2, 0.25) is 0 Å². The van der Waals surface area contributed by atoms with Gasteiger partial charge in [-0.25, -0.2) is 5.84 Å². The first-order valence-electron chi connectivity index (χ1n) is 4.58. The van der Waals surface area contributed by atoms with E-state index in [0.29, 0.717) is 5.69 Å². The Kier molecular flexibility index (Phi) is 3.82. The molecule has 4 N–H and O–H groups in total. The fourth-order valence-corrected chi connectivity index (χ4v) is 1.12. The maximum Gasteiger partial charge on any atom is 0.323 e. The maximum absolute atomic E-state index is 11.1. The minimum Gasteiger partial charge on any atom is -0.318 e. The highest BCUT2D eigenvalue weighted by Crippen LogP contribution is 2.10. The van der Waals surface area contributed by atoms with Crippen molar-refractivity contribution in [1.29, 1.82) is 0 Å². The van der Waals surface area contributed by atoms with Crippen LogP contribution in [0.3, 0.4) is 0 Å². The first-order valence-corrected chi connectivity index (χ1v) is 4.58. The van der Waals surface area contributed by atoms with Crippen molar-refractivity contribution in [3.05, 3.63) is 29.8 Å². The zero-order chi connectivity index (χ0) is 11.3. The van der Waals surface area contributed by atoms with Gasteiger partial charge in [-0.1, -0.05) is 19.1 Å². The minimum absolute atomic E-state index is 0.586. The molecular formula is C10H13N3O2. The molecule has 0 saturated carbocycles. The summed E-state index contributed by atoms with van der Waals surface area (Å²) in [6.45, 7) is 2.01. The molecule has 1 aromatic rings. The predicted octanol–water partition coefficient (Wildman–Crippen LogP) is 0.177. The van der Waals surface area contributed by atoms with E-state index in [-0.39, 0.29) is 0 Å². The molecule has 15 heavy (non-hydrogen) atoms. The van der Waals surface area contributed by atoms with Gasteiger partial charge in [0.1, 0.15) is 0 Å². The second-order valence-corrected chi connectivity index (χ2v) is 2.98. The van der Waals surface area contributed by atoms with Gasteiger partial charge in [-0.2, -0.15) is 0 Å². The molecule has 0 radical (unpaired) electrons. The Bertz CT molecular complexity index is 377. The summed E-state index contributed by atoms with van der Waals surface area (Å²) in [5.74, 6) is 3.19. The van der Waals surface area contributed by atoms with Gasteiger partial charge in [0.25, 0.3) is 0 Å². The normalized spacial score (nSPS) is 9.47. The Balaban J connectivity index is 2.72. The summed E-state index contributed by atoms with van der Waals surface area (Å²) in [4.78, 5) is 22.0. The lowest BCUT2D eigenvalue weighted by Gasteiger charge is -2.05. The summed E-state index contributed by atoms with van der Waals surface area (Å²) < 4.78 is 0. The molecule has 2 amide bonds. The van der Waals surface area contributed by atoms with Crippen molar-refractivity contribution in [2.24, 2.45) is 5.84 Å². The largest absolute Gasteiger partial charge is 0.323 e. The number of hydrogen-bond acceptors (Lipinski definition) is 3. The molecular weight excluding hydrogens is 194 g/mol. The van der Waals surface area contributed by atoms with Crippen LogP contribution in [0.4, 0.5) is 5.69 Å². The van der Waals surface area contributed by atoms with E-state index in [1.54, 1.807) is 11.5 Å². The van der Waals surface area contributed by atoms with Crippen LogP contribution in [0.5, 0.6) is 0 Å². The molecule has 0 aromatic heterocycles. The number of hydrazine groups is 1. The van der Waals surface area contributed by atoms with Gasteiger partial charge in [0.15, 0.2) is 0 Å². The van der Waals surface area contributed by atoms with E-state index < -0.39 is 11.8 Å². The Hall–Kier alpha value is -1.88. The summed E-state index contributed by atoms with van der Waals surface area (Å²) in [7, 11) is 0. The quantitative estimate of drug-likeness (QED) is 0.280. The van der Waals surface area contributed by atoms with Crippen molar-refractivity contribution in [2.45, 2.75) is 13.3 Å². The van der Waals surface area contributed by atoms with Gasteiger partial charge < -0.3 is 5.32 Å². The molecule has 5 nitrogen and oxygen atoms in total. The standard InChI is InChI=1S/C10H13N3O2/c1-2-7-4-3-5-8(6-7)12-9(14)10(15)13-11/h3-6H,2,11H2,1H3,(H,12,14)(H,13,15). The highest BCUT2D eigenvalue weighted by atomic mass is 16.2. The Morgan fingerprint density at radius 3 is 2.67 bits per heavy atom. The lowest BCUT2D eigenvalue weighted by molar-refractivity contribution is -0.136. The molecule has 0 fully saturated rings. The predicted molar refractivity (Wildman–Crippen MR) is 56.8 cm³/mol. The second kappa shape index (κ2) is 5.11. The number of nitrogens with one attached hydrogen (secondary N) is 2. The fourth-order valence-electron chi connectivity index (χ4n) is 1.12. The van der Waals surface area contributed by atoms with Gasteiger partial charge >= 0.3 is 11.8 Å². The average Bonchev–Trinajstić information content (AvgIpc) is 2.28. The molecule has 0 bridgehead atoms. The van der Waals surface area contributed by atoms with Gasteiger partial charge in [-0.15, -0.1) is 0 Å². The molecule has 0 aliphatic heterocycles. The van der Waals surface area contributed by atoms with Crippen LogP contribution < -0.4 is 16.6 Å². The fraction of sp³-hybridized carbons (Fsp3) is 0.200. The number of aryl methyl sites for hydroxylation is 1. The number of rotatable bonds is 2. The van der Waals surface area contributed by atoms with E-state index in [9.17, 15) is 9.59 Å².